The second kappa shape index (κ2) is 5.49. The number of halogens is 1. The van der Waals surface area contributed by atoms with Crippen molar-refractivity contribution in [1.29, 1.82) is 0 Å². The van der Waals surface area contributed by atoms with E-state index in [1.165, 1.54) is 23.5 Å². The number of hydrogen-bond acceptors (Lipinski definition) is 3. The average Bonchev–Trinajstić information content (AvgIpc) is 2.85. The van der Waals surface area contributed by atoms with E-state index in [0.717, 1.165) is 15.8 Å². The minimum absolute atomic E-state index is 0.132. The largest absolute Gasteiger partial charge is 0.325 e. The van der Waals surface area contributed by atoms with Gasteiger partial charge in [-0.3, -0.25) is 5.32 Å². The van der Waals surface area contributed by atoms with Crippen LogP contribution in [0.1, 0.15) is 5.56 Å². The molecule has 0 atom stereocenters. The molecule has 3 aromatic rings. The second-order valence-electron chi connectivity index (χ2n) is 4.50. The number of carbonyl (C=O) groups is 1. The van der Waals surface area contributed by atoms with Crippen LogP contribution in [0.2, 0.25) is 0 Å². The molecule has 0 aliphatic heterocycles. The lowest BCUT2D eigenvalue weighted by molar-refractivity contribution is 0.262. The standard InChI is InChI=1S/C15H12FN3OS/c1-9-5-4-8-12-13(9)18-15(21-12)19-14(20)17-11-7-3-2-6-10(11)16/h2-8H,1H3,(H2,17,18,19,20). The van der Waals surface area contributed by atoms with Gasteiger partial charge in [0.25, 0.3) is 0 Å². The number of para-hydroxylation sites is 2. The third-order valence-electron chi connectivity index (χ3n) is 2.96. The topological polar surface area (TPSA) is 54.0 Å². The number of anilines is 2. The Bertz CT molecular complexity index is 816. The van der Waals surface area contributed by atoms with Crippen molar-refractivity contribution in [2.45, 2.75) is 6.92 Å². The molecule has 1 aromatic heterocycles. The predicted octanol–water partition coefficient (Wildman–Crippen LogP) is 4.39. The number of amides is 2. The lowest BCUT2D eigenvalue weighted by atomic mass is 10.2. The molecule has 1 heterocycles. The summed E-state index contributed by atoms with van der Waals surface area (Å²) in [6.07, 6.45) is 0. The Morgan fingerprint density at radius 2 is 1.95 bits per heavy atom. The lowest BCUT2D eigenvalue weighted by Gasteiger charge is -2.05. The van der Waals surface area contributed by atoms with Gasteiger partial charge in [0.1, 0.15) is 5.82 Å². The van der Waals surface area contributed by atoms with Crippen LogP contribution in [0.3, 0.4) is 0 Å². The molecule has 0 bridgehead atoms. The molecule has 2 amide bonds. The molecule has 3 rings (SSSR count). The van der Waals surface area contributed by atoms with Crippen molar-refractivity contribution >= 4 is 38.4 Å². The van der Waals surface area contributed by atoms with Crippen LogP contribution >= 0.6 is 11.3 Å². The first-order valence-electron chi connectivity index (χ1n) is 6.32. The summed E-state index contributed by atoms with van der Waals surface area (Å²) in [6.45, 7) is 1.96. The summed E-state index contributed by atoms with van der Waals surface area (Å²) in [5, 5.41) is 5.56. The van der Waals surface area contributed by atoms with Crippen LogP contribution in [-0.2, 0) is 0 Å². The lowest BCUT2D eigenvalue weighted by Crippen LogP contribution is -2.19. The Hall–Kier alpha value is -2.47. The molecule has 0 unspecified atom stereocenters. The number of rotatable bonds is 2. The molecule has 4 nitrogen and oxygen atoms in total. The number of nitrogens with one attached hydrogen (secondary N) is 2. The summed E-state index contributed by atoms with van der Waals surface area (Å²) in [6, 6.07) is 11.3. The Morgan fingerprint density at radius 1 is 1.14 bits per heavy atom. The Kier molecular flexibility index (Phi) is 3.53. The summed E-state index contributed by atoms with van der Waals surface area (Å²) in [4.78, 5) is 16.2. The van der Waals surface area contributed by atoms with E-state index in [-0.39, 0.29) is 5.69 Å². The number of nitrogens with zero attached hydrogens (tertiary/aromatic N) is 1. The average molecular weight is 301 g/mol. The van der Waals surface area contributed by atoms with Gasteiger partial charge in [-0.15, -0.1) is 0 Å². The van der Waals surface area contributed by atoms with Crippen LogP contribution in [0.15, 0.2) is 42.5 Å². The fourth-order valence-electron chi connectivity index (χ4n) is 1.95. The number of aryl methyl sites for hydroxylation is 1. The van der Waals surface area contributed by atoms with Gasteiger partial charge in [-0.05, 0) is 30.7 Å². The molecule has 0 fully saturated rings. The van der Waals surface area contributed by atoms with Gasteiger partial charge in [-0.1, -0.05) is 35.6 Å². The van der Waals surface area contributed by atoms with Gasteiger partial charge in [0, 0.05) is 0 Å². The number of fused-ring (bicyclic) bond motifs is 1. The highest BCUT2D eigenvalue weighted by Gasteiger charge is 2.10. The predicted molar refractivity (Wildman–Crippen MR) is 83.4 cm³/mol. The van der Waals surface area contributed by atoms with Crippen LogP contribution in [0.5, 0.6) is 0 Å². The van der Waals surface area contributed by atoms with Crippen LogP contribution in [0, 0.1) is 12.7 Å². The van der Waals surface area contributed by atoms with Crippen molar-refractivity contribution in [1.82, 2.24) is 4.98 Å². The first-order valence-corrected chi connectivity index (χ1v) is 7.14. The zero-order valence-corrected chi connectivity index (χ0v) is 12.0. The molecule has 2 N–H and O–H groups in total. The van der Waals surface area contributed by atoms with Gasteiger partial charge in [0.05, 0.1) is 15.9 Å². The first kappa shape index (κ1) is 13.5. The fourth-order valence-corrected chi connectivity index (χ4v) is 2.89. The van der Waals surface area contributed by atoms with Gasteiger partial charge < -0.3 is 5.32 Å². The van der Waals surface area contributed by atoms with Crippen molar-refractivity contribution in [2.24, 2.45) is 0 Å². The molecule has 6 heteroatoms. The number of aromatic nitrogens is 1. The van der Waals surface area contributed by atoms with Gasteiger partial charge >= 0.3 is 6.03 Å². The third kappa shape index (κ3) is 2.85. The molecule has 21 heavy (non-hydrogen) atoms. The smallest absolute Gasteiger partial charge is 0.305 e. The van der Waals surface area contributed by atoms with Gasteiger partial charge in [0.15, 0.2) is 5.13 Å². The maximum atomic E-state index is 13.5. The highest BCUT2D eigenvalue weighted by atomic mass is 32.1. The molecule has 0 aliphatic carbocycles. The van der Waals surface area contributed by atoms with Crippen LogP contribution in [0.4, 0.5) is 20.0 Å². The quantitative estimate of drug-likeness (QED) is 0.737. The van der Waals surface area contributed by atoms with E-state index in [0.29, 0.717) is 5.13 Å². The van der Waals surface area contributed by atoms with Crippen LogP contribution in [0.25, 0.3) is 10.2 Å². The number of urea groups is 1. The van der Waals surface area contributed by atoms with Gasteiger partial charge in [0.2, 0.25) is 0 Å². The molecule has 0 aliphatic rings. The summed E-state index contributed by atoms with van der Waals surface area (Å²) < 4.78 is 14.5. The maximum Gasteiger partial charge on any atom is 0.325 e. The monoisotopic (exact) mass is 301 g/mol. The minimum Gasteiger partial charge on any atom is -0.305 e. The summed E-state index contributed by atoms with van der Waals surface area (Å²) >= 11 is 1.38. The van der Waals surface area contributed by atoms with E-state index >= 15 is 0 Å². The van der Waals surface area contributed by atoms with E-state index in [2.05, 4.69) is 15.6 Å². The molecule has 0 spiro atoms. The highest BCUT2D eigenvalue weighted by Crippen LogP contribution is 2.28. The SMILES string of the molecule is Cc1cccc2sc(NC(=O)Nc3ccccc3F)nc12. The highest BCUT2D eigenvalue weighted by molar-refractivity contribution is 7.22. The van der Waals surface area contributed by atoms with Crippen LogP contribution < -0.4 is 10.6 Å². The normalized spacial score (nSPS) is 10.6. The van der Waals surface area contributed by atoms with Gasteiger partial charge in [-0.25, -0.2) is 14.2 Å². The Morgan fingerprint density at radius 3 is 2.71 bits per heavy atom. The van der Waals surface area contributed by atoms with Crippen molar-refractivity contribution < 1.29 is 9.18 Å². The molecular weight excluding hydrogens is 289 g/mol. The summed E-state index contributed by atoms with van der Waals surface area (Å²) in [7, 11) is 0. The van der Waals surface area contributed by atoms with Crippen molar-refractivity contribution in [3.8, 4) is 0 Å². The second-order valence-corrected chi connectivity index (χ2v) is 5.53. The molecule has 2 aromatic carbocycles. The molecule has 0 saturated carbocycles. The molecular formula is C15H12FN3OS. The van der Waals surface area contributed by atoms with E-state index < -0.39 is 11.8 Å². The van der Waals surface area contributed by atoms with E-state index in [1.54, 1.807) is 12.1 Å². The number of thiazole rings is 1. The van der Waals surface area contributed by atoms with Gasteiger partial charge in [-0.2, -0.15) is 0 Å². The number of benzene rings is 2. The number of carbonyl (C=O) groups excluding carboxylic acids is 1. The third-order valence-corrected chi connectivity index (χ3v) is 3.90. The summed E-state index contributed by atoms with van der Waals surface area (Å²) in [5.41, 5.74) is 2.04. The van der Waals surface area contributed by atoms with E-state index in [1.807, 2.05) is 25.1 Å². The molecule has 0 radical (unpaired) electrons. The summed E-state index contributed by atoms with van der Waals surface area (Å²) in [5.74, 6) is -0.479. The Balaban J connectivity index is 1.77. The first-order chi connectivity index (χ1) is 10.1. The van der Waals surface area contributed by atoms with Crippen LogP contribution in [-0.4, -0.2) is 11.0 Å². The van der Waals surface area contributed by atoms with Crippen molar-refractivity contribution in [2.75, 3.05) is 10.6 Å². The zero-order valence-electron chi connectivity index (χ0n) is 11.2. The molecule has 106 valence electrons. The maximum absolute atomic E-state index is 13.5. The molecule has 0 saturated heterocycles. The van der Waals surface area contributed by atoms with Crippen molar-refractivity contribution in [3.05, 3.63) is 53.8 Å². The Labute approximate surface area is 124 Å². The van der Waals surface area contributed by atoms with E-state index in [9.17, 15) is 9.18 Å². The number of hydrogen-bond donors (Lipinski definition) is 2. The minimum atomic E-state index is -0.517. The zero-order chi connectivity index (χ0) is 14.8. The fraction of sp³-hybridized carbons (Fsp3) is 0.0667. The van der Waals surface area contributed by atoms with E-state index in [4.69, 9.17) is 0 Å². The van der Waals surface area contributed by atoms with Crippen molar-refractivity contribution in [3.63, 3.8) is 0 Å².